The first kappa shape index (κ1) is 19.2. The molecule has 29 heavy (non-hydrogen) atoms. The summed E-state index contributed by atoms with van der Waals surface area (Å²) in [6, 6.07) is 17.9. The number of likely N-dealkylation sites (tertiary alicyclic amines) is 1. The van der Waals surface area contributed by atoms with Crippen molar-refractivity contribution in [3.05, 3.63) is 66.4 Å². The molecule has 2 N–H and O–H groups in total. The molecule has 0 bridgehead atoms. The standard InChI is InChI=1S/C23H27N5O/c1-18-17-24-23(27-22(18)25-19-7-3-2-4-8-19)26-20-9-11-21(12-10-20)29-16-15-28-13-5-6-14-28/h2-4,7-12,17H,5-6,13-16H2,1H3,(H2,24,25,26,27). The molecule has 0 aliphatic carbocycles. The maximum Gasteiger partial charge on any atom is 0.229 e. The molecule has 3 aromatic rings. The second kappa shape index (κ2) is 9.39. The van der Waals surface area contributed by atoms with Crippen molar-refractivity contribution < 1.29 is 4.74 Å². The fourth-order valence-electron chi connectivity index (χ4n) is 3.35. The topological polar surface area (TPSA) is 62.3 Å². The lowest BCUT2D eigenvalue weighted by Crippen LogP contribution is -2.25. The van der Waals surface area contributed by atoms with Gasteiger partial charge in [-0.1, -0.05) is 18.2 Å². The van der Waals surface area contributed by atoms with Crippen molar-refractivity contribution in [3.63, 3.8) is 0 Å². The zero-order valence-electron chi connectivity index (χ0n) is 16.8. The van der Waals surface area contributed by atoms with E-state index in [0.29, 0.717) is 5.95 Å². The Morgan fingerprint density at radius 3 is 2.41 bits per heavy atom. The number of nitrogens with zero attached hydrogens (tertiary/aromatic N) is 3. The quantitative estimate of drug-likeness (QED) is 0.580. The molecule has 1 fully saturated rings. The molecule has 0 amide bonds. The lowest BCUT2D eigenvalue weighted by Gasteiger charge is -2.15. The van der Waals surface area contributed by atoms with E-state index < -0.39 is 0 Å². The normalized spacial score (nSPS) is 14.0. The molecule has 0 radical (unpaired) electrons. The summed E-state index contributed by atoms with van der Waals surface area (Å²) in [6.45, 7) is 6.11. The van der Waals surface area contributed by atoms with Gasteiger partial charge < -0.3 is 15.4 Å². The SMILES string of the molecule is Cc1cnc(Nc2ccc(OCCN3CCCC3)cc2)nc1Nc1ccccc1. The Bertz CT molecular complexity index is 908. The molecule has 6 nitrogen and oxygen atoms in total. The van der Waals surface area contributed by atoms with Gasteiger partial charge in [0.05, 0.1) is 0 Å². The number of aryl methyl sites for hydroxylation is 1. The van der Waals surface area contributed by atoms with Gasteiger partial charge in [0.15, 0.2) is 0 Å². The number of nitrogens with one attached hydrogen (secondary N) is 2. The van der Waals surface area contributed by atoms with Crippen molar-refractivity contribution in [2.24, 2.45) is 0 Å². The van der Waals surface area contributed by atoms with Gasteiger partial charge >= 0.3 is 0 Å². The van der Waals surface area contributed by atoms with E-state index in [0.717, 1.165) is 41.7 Å². The van der Waals surface area contributed by atoms with Gasteiger partial charge in [-0.15, -0.1) is 0 Å². The molecule has 4 rings (SSSR count). The van der Waals surface area contributed by atoms with E-state index in [-0.39, 0.29) is 0 Å². The maximum atomic E-state index is 5.86. The van der Waals surface area contributed by atoms with Gasteiger partial charge in [0, 0.05) is 29.7 Å². The lowest BCUT2D eigenvalue weighted by molar-refractivity contribution is 0.238. The average Bonchev–Trinajstić information content (AvgIpc) is 3.26. The van der Waals surface area contributed by atoms with Gasteiger partial charge in [-0.25, -0.2) is 4.98 Å². The van der Waals surface area contributed by atoms with Crippen LogP contribution >= 0.6 is 0 Å². The molecule has 6 heteroatoms. The predicted molar refractivity (Wildman–Crippen MR) is 117 cm³/mol. The van der Waals surface area contributed by atoms with E-state index in [1.807, 2.05) is 67.7 Å². The van der Waals surface area contributed by atoms with Crippen LogP contribution in [0, 0.1) is 6.92 Å². The van der Waals surface area contributed by atoms with Crippen LogP contribution in [0.3, 0.4) is 0 Å². The minimum atomic E-state index is 0.553. The molecular weight excluding hydrogens is 362 g/mol. The summed E-state index contributed by atoms with van der Waals surface area (Å²) in [5.74, 6) is 2.22. The van der Waals surface area contributed by atoms with Crippen LogP contribution in [0.1, 0.15) is 18.4 Å². The summed E-state index contributed by atoms with van der Waals surface area (Å²) >= 11 is 0. The van der Waals surface area contributed by atoms with E-state index in [1.165, 1.54) is 25.9 Å². The van der Waals surface area contributed by atoms with Crippen LogP contribution < -0.4 is 15.4 Å². The highest BCUT2D eigenvalue weighted by Gasteiger charge is 2.10. The molecule has 1 aliphatic rings. The highest BCUT2D eigenvalue weighted by molar-refractivity contribution is 5.62. The summed E-state index contributed by atoms with van der Waals surface area (Å²) in [4.78, 5) is 11.5. The molecule has 2 aromatic carbocycles. The number of para-hydroxylation sites is 1. The third kappa shape index (κ3) is 5.45. The Morgan fingerprint density at radius 2 is 1.66 bits per heavy atom. The van der Waals surface area contributed by atoms with Crippen molar-refractivity contribution in [2.45, 2.75) is 19.8 Å². The molecule has 0 spiro atoms. The molecule has 150 valence electrons. The molecule has 1 aromatic heterocycles. The smallest absolute Gasteiger partial charge is 0.229 e. The Morgan fingerprint density at radius 1 is 0.931 bits per heavy atom. The van der Waals surface area contributed by atoms with Crippen molar-refractivity contribution in [1.29, 1.82) is 0 Å². The van der Waals surface area contributed by atoms with Gasteiger partial charge in [0.25, 0.3) is 0 Å². The van der Waals surface area contributed by atoms with Gasteiger partial charge in [0.2, 0.25) is 5.95 Å². The lowest BCUT2D eigenvalue weighted by atomic mass is 10.3. The summed E-state index contributed by atoms with van der Waals surface area (Å²) < 4.78 is 5.86. The number of rotatable bonds is 8. The van der Waals surface area contributed by atoms with Gasteiger partial charge in [-0.05, 0) is 69.3 Å². The van der Waals surface area contributed by atoms with Gasteiger partial charge in [-0.3, -0.25) is 4.90 Å². The van der Waals surface area contributed by atoms with E-state index in [2.05, 4.69) is 25.5 Å². The van der Waals surface area contributed by atoms with E-state index in [1.54, 1.807) is 0 Å². The minimum absolute atomic E-state index is 0.553. The third-order valence-corrected chi connectivity index (χ3v) is 4.99. The minimum Gasteiger partial charge on any atom is -0.492 e. The van der Waals surface area contributed by atoms with E-state index in [9.17, 15) is 0 Å². The van der Waals surface area contributed by atoms with Crippen LogP contribution in [-0.4, -0.2) is 41.1 Å². The van der Waals surface area contributed by atoms with Gasteiger partial charge in [-0.2, -0.15) is 4.98 Å². The van der Waals surface area contributed by atoms with Crippen molar-refractivity contribution in [3.8, 4) is 5.75 Å². The predicted octanol–water partition coefficient (Wildman–Crippen LogP) is 4.75. The maximum absolute atomic E-state index is 5.86. The molecule has 2 heterocycles. The zero-order valence-corrected chi connectivity index (χ0v) is 16.8. The van der Waals surface area contributed by atoms with Gasteiger partial charge in [0.1, 0.15) is 18.2 Å². The van der Waals surface area contributed by atoms with Crippen LogP contribution in [-0.2, 0) is 0 Å². The summed E-state index contributed by atoms with van der Waals surface area (Å²) in [7, 11) is 0. The van der Waals surface area contributed by atoms with E-state index in [4.69, 9.17) is 4.74 Å². The molecule has 1 aliphatic heterocycles. The monoisotopic (exact) mass is 389 g/mol. The Hall–Kier alpha value is -3.12. The van der Waals surface area contributed by atoms with Crippen molar-refractivity contribution >= 4 is 23.1 Å². The first-order chi connectivity index (χ1) is 14.3. The van der Waals surface area contributed by atoms with Crippen LogP contribution in [0.25, 0.3) is 0 Å². The summed E-state index contributed by atoms with van der Waals surface area (Å²) in [6.07, 6.45) is 4.44. The zero-order chi connectivity index (χ0) is 19.9. The molecule has 0 unspecified atom stereocenters. The van der Waals surface area contributed by atoms with Crippen LogP contribution in [0.15, 0.2) is 60.8 Å². The van der Waals surface area contributed by atoms with Crippen LogP contribution in [0.5, 0.6) is 5.75 Å². The van der Waals surface area contributed by atoms with Crippen LogP contribution in [0.4, 0.5) is 23.1 Å². The Kier molecular flexibility index (Phi) is 6.22. The fraction of sp³-hybridized carbons (Fsp3) is 0.304. The van der Waals surface area contributed by atoms with Crippen LogP contribution in [0.2, 0.25) is 0 Å². The second-order valence-electron chi connectivity index (χ2n) is 7.26. The molecular formula is C23H27N5O. The Labute approximate surface area is 172 Å². The number of anilines is 4. The van der Waals surface area contributed by atoms with Crippen molar-refractivity contribution in [2.75, 3.05) is 36.9 Å². The summed E-state index contributed by atoms with van der Waals surface area (Å²) in [5, 5.41) is 6.60. The number of hydrogen-bond acceptors (Lipinski definition) is 6. The number of hydrogen-bond donors (Lipinski definition) is 2. The number of benzene rings is 2. The largest absolute Gasteiger partial charge is 0.492 e. The first-order valence-corrected chi connectivity index (χ1v) is 10.1. The highest BCUT2D eigenvalue weighted by Crippen LogP contribution is 2.22. The second-order valence-corrected chi connectivity index (χ2v) is 7.26. The fourth-order valence-corrected chi connectivity index (χ4v) is 3.35. The molecule has 0 saturated carbocycles. The molecule has 1 saturated heterocycles. The number of ether oxygens (including phenoxy) is 1. The number of aromatic nitrogens is 2. The van der Waals surface area contributed by atoms with E-state index >= 15 is 0 Å². The highest BCUT2D eigenvalue weighted by atomic mass is 16.5. The first-order valence-electron chi connectivity index (χ1n) is 10.1. The third-order valence-electron chi connectivity index (χ3n) is 4.99. The average molecular weight is 390 g/mol. The molecule has 0 atom stereocenters. The summed E-state index contributed by atoms with van der Waals surface area (Å²) in [5.41, 5.74) is 2.91. The Balaban J connectivity index is 1.34. The van der Waals surface area contributed by atoms with Crippen molar-refractivity contribution in [1.82, 2.24) is 14.9 Å².